The molecule has 3 saturated heterocycles. The van der Waals surface area contributed by atoms with Crippen LogP contribution in [-0.4, -0.2) is 51.0 Å². The van der Waals surface area contributed by atoms with Gasteiger partial charge < -0.3 is 9.64 Å². The molecule has 0 N–H and O–H groups in total. The second kappa shape index (κ2) is 4.76. The summed E-state index contributed by atoms with van der Waals surface area (Å²) in [7, 11) is 0. The second-order valence-electron chi connectivity index (χ2n) is 6.70. The van der Waals surface area contributed by atoms with Crippen LogP contribution in [0.3, 0.4) is 0 Å². The van der Waals surface area contributed by atoms with E-state index in [4.69, 9.17) is 4.74 Å². The summed E-state index contributed by atoms with van der Waals surface area (Å²) in [6.07, 6.45) is 3.46. The van der Waals surface area contributed by atoms with Crippen molar-refractivity contribution < 1.29 is 9.53 Å². The van der Waals surface area contributed by atoms with Gasteiger partial charge >= 0.3 is 0 Å². The quantitative estimate of drug-likeness (QED) is 0.853. The Kier molecular flexibility index (Phi) is 3.10. The molecule has 1 aromatic rings. The van der Waals surface area contributed by atoms with E-state index in [1.807, 2.05) is 6.20 Å². The Balaban J connectivity index is 1.60. The summed E-state index contributed by atoms with van der Waals surface area (Å²) in [6.45, 7) is 6.91. The molecule has 0 saturated carbocycles. The molecular formula is C15H21N3O2S. The number of carbonyl (C=O) groups is 1. The number of ether oxygens (including phenoxy) is 1. The van der Waals surface area contributed by atoms with Gasteiger partial charge in [-0.2, -0.15) is 0 Å². The highest BCUT2D eigenvalue weighted by molar-refractivity contribution is 7.03. The molecule has 5 nitrogen and oxygen atoms in total. The Labute approximate surface area is 129 Å². The number of nitrogens with zero attached hydrogens (tertiary/aromatic N) is 3. The fraction of sp³-hybridized carbons (Fsp3) is 0.733. The molecule has 0 aliphatic carbocycles. The minimum absolute atomic E-state index is 0.202. The van der Waals surface area contributed by atoms with Gasteiger partial charge in [-0.05, 0) is 23.0 Å². The first-order chi connectivity index (χ1) is 10.1. The van der Waals surface area contributed by atoms with Crippen LogP contribution in [0.5, 0.6) is 0 Å². The molecule has 0 bridgehead atoms. The van der Waals surface area contributed by atoms with E-state index >= 15 is 0 Å². The first-order valence-corrected chi connectivity index (χ1v) is 8.54. The Bertz CT molecular complexity index is 547. The summed E-state index contributed by atoms with van der Waals surface area (Å²) in [5.74, 6) is 0.714. The highest BCUT2D eigenvalue weighted by Crippen LogP contribution is 2.49. The van der Waals surface area contributed by atoms with Crippen molar-refractivity contribution in [2.45, 2.75) is 51.0 Å². The number of aromatic nitrogens is 1. The minimum atomic E-state index is -0.352. The van der Waals surface area contributed by atoms with E-state index < -0.39 is 0 Å². The van der Waals surface area contributed by atoms with Crippen LogP contribution in [0.4, 0.5) is 0 Å². The van der Waals surface area contributed by atoms with Gasteiger partial charge in [0.05, 0.1) is 18.7 Å². The van der Waals surface area contributed by atoms with E-state index in [2.05, 4.69) is 33.4 Å². The van der Waals surface area contributed by atoms with Crippen molar-refractivity contribution in [3.63, 3.8) is 0 Å². The van der Waals surface area contributed by atoms with Gasteiger partial charge in [-0.15, -0.1) is 0 Å². The van der Waals surface area contributed by atoms with Gasteiger partial charge in [0.15, 0.2) is 5.72 Å². The minimum Gasteiger partial charge on any atom is -0.352 e. The first kappa shape index (κ1) is 13.7. The molecule has 3 atom stereocenters. The maximum absolute atomic E-state index is 12.5. The van der Waals surface area contributed by atoms with Crippen molar-refractivity contribution in [1.29, 1.82) is 0 Å². The molecule has 4 heterocycles. The standard InChI is InChI=1S/C15H21N3O2S/c1-10(2)12-8-20-15-3-4-17(7-11-6-16-21-9-11)13(15)5-14(19)18(12)15/h6,9-10,12-13H,3-5,7-8H2,1-2H3/t12-,13+,15-/m0/s1. The van der Waals surface area contributed by atoms with Crippen LogP contribution in [0.15, 0.2) is 11.6 Å². The molecule has 6 heteroatoms. The topological polar surface area (TPSA) is 45.7 Å². The van der Waals surface area contributed by atoms with Gasteiger partial charge in [-0.3, -0.25) is 9.69 Å². The van der Waals surface area contributed by atoms with Gasteiger partial charge in [-0.1, -0.05) is 13.8 Å². The molecule has 0 unspecified atom stereocenters. The highest BCUT2D eigenvalue weighted by atomic mass is 32.1. The van der Waals surface area contributed by atoms with Crippen LogP contribution in [0.1, 0.15) is 32.3 Å². The van der Waals surface area contributed by atoms with Crippen LogP contribution in [0, 0.1) is 5.92 Å². The lowest BCUT2D eigenvalue weighted by atomic mass is 10.0. The normalized spacial score (nSPS) is 35.8. The average molecular weight is 307 g/mol. The van der Waals surface area contributed by atoms with Crippen LogP contribution >= 0.6 is 11.5 Å². The summed E-state index contributed by atoms with van der Waals surface area (Å²) in [6, 6.07) is 0.443. The number of likely N-dealkylation sites (tertiary alicyclic amines) is 1. The molecule has 0 radical (unpaired) electrons. The number of hydrogen-bond donors (Lipinski definition) is 0. The van der Waals surface area contributed by atoms with E-state index in [1.54, 1.807) is 0 Å². The zero-order valence-corrected chi connectivity index (χ0v) is 13.3. The third-order valence-electron chi connectivity index (χ3n) is 5.24. The zero-order chi connectivity index (χ0) is 14.6. The van der Waals surface area contributed by atoms with Crippen LogP contribution in [0.25, 0.3) is 0 Å². The van der Waals surface area contributed by atoms with E-state index in [0.717, 1.165) is 19.5 Å². The van der Waals surface area contributed by atoms with Gasteiger partial charge in [0, 0.05) is 37.5 Å². The Morgan fingerprint density at radius 3 is 3.14 bits per heavy atom. The van der Waals surface area contributed by atoms with Gasteiger partial charge in [-0.25, -0.2) is 4.37 Å². The lowest BCUT2D eigenvalue weighted by Gasteiger charge is -2.34. The van der Waals surface area contributed by atoms with Crippen molar-refractivity contribution in [3.05, 3.63) is 17.1 Å². The van der Waals surface area contributed by atoms with E-state index in [1.165, 1.54) is 17.1 Å². The summed E-state index contributed by atoms with van der Waals surface area (Å²) in [5, 5.41) is 2.09. The number of amides is 1. The molecule has 3 aliphatic heterocycles. The van der Waals surface area contributed by atoms with Crippen LogP contribution < -0.4 is 0 Å². The van der Waals surface area contributed by atoms with Gasteiger partial charge in [0.25, 0.3) is 0 Å². The number of rotatable bonds is 3. The fourth-order valence-electron chi connectivity index (χ4n) is 4.18. The van der Waals surface area contributed by atoms with E-state index in [-0.39, 0.29) is 23.7 Å². The first-order valence-electron chi connectivity index (χ1n) is 7.70. The molecule has 1 amide bonds. The molecule has 3 aliphatic rings. The largest absolute Gasteiger partial charge is 0.352 e. The third kappa shape index (κ3) is 1.89. The molecular weight excluding hydrogens is 286 g/mol. The predicted octanol–water partition coefficient (Wildman–Crippen LogP) is 1.70. The zero-order valence-electron chi connectivity index (χ0n) is 12.5. The van der Waals surface area contributed by atoms with Crippen molar-refractivity contribution >= 4 is 17.4 Å². The number of carbonyl (C=O) groups excluding carboxylic acids is 1. The van der Waals surface area contributed by atoms with Crippen molar-refractivity contribution in [1.82, 2.24) is 14.2 Å². The second-order valence-corrected chi connectivity index (χ2v) is 7.36. The van der Waals surface area contributed by atoms with Crippen molar-refractivity contribution in [2.24, 2.45) is 5.92 Å². The Morgan fingerprint density at radius 2 is 2.43 bits per heavy atom. The SMILES string of the molecule is CC(C)[C@@H]1CO[C@@]23CCN(Cc4cnsc4)[C@@H]2CC(=O)N13. The van der Waals surface area contributed by atoms with Gasteiger partial charge in [0.2, 0.25) is 5.91 Å². The molecule has 114 valence electrons. The van der Waals surface area contributed by atoms with E-state index in [0.29, 0.717) is 18.9 Å². The lowest BCUT2D eigenvalue weighted by molar-refractivity contribution is -0.139. The molecule has 0 aromatic carbocycles. The van der Waals surface area contributed by atoms with Crippen molar-refractivity contribution in [2.75, 3.05) is 13.2 Å². The number of hydrogen-bond acceptors (Lipinski definition) is 5. The summed E-state index contributed by atoms with van der Waals surface area (Å²) in [4.78, 5) is 17.0. The van der Waals surface area contributed by atoms with E-state index in [9.17, 15) is 4.79 Å². The third-order valence-corrected chi connectivity index (χ3v) is 5.87. The smallest absolute Gasteiger partial charge is 0.226 e. The van der Waals surface area contributed by atoms with Gasteiger partial charge in [0.1, 0.15) is 0 Å². The fourth-order valence-corrected chi connectivity index (χ4v) is 4.71. The Hall–Kier alpha value is -0.980. The van der Waals surface area contributed by atoms with Crippen LogP contribution in [0.2, 0.25) is 0 Å². The maximum Gasteiger partial charge on any atom is 0.226 e. The Morgan fingerprint density at radius 1 is 1.57 bits per heavy atom. The lowest BCUT2D eigenvalue weighted by Crippen LogP contribution is -2.50. The summed E-state index contributed by atoms with van der Waals surface area (Å²) >= 11 is 1.49. The summed E-state index contributed by atoms with van der Waals surface area (Å²) < 4.78 is 10.4. The van der Waals surface area contributed by atoms with Crippen molar-refractivity contribution in [3.8, 4) is 0 Å². The predicted molar refractivity (Wildman–Crippen MR) is 79.7 cm³/mol. The molecule has 4 rings (SSSR count). The molecule has 1 aromatic heterocycles. The van der Waals surface area contributed by atoms with Crippen LogP contribution in [-0.2, 0) is 16.1 Å². The maximum atomic E-state index is 12.5. The highest BCUT2D eigenvalue weighted by Gasteiger charge is 2.64. The average Bonchev–Trinajstić information content (AvgIpc) is 3.16. The molecule has 3 fully saturated rings. The summed E-state index contributed by atoms with van der Waals surface area (Å²) in [5.41, 5.74) is 0.886. The molecule has 1 spiro atoms. The molecule has 21 heavy (non-hydrogen) atoms. The monoisotopic (exact) mass is 307 g/mol.